The second-order valence-electron chi connectivity index (χ2n) is 9.79. The van der Waals surface area contributed by atoms with E-state index >= 15 is 0 Å². The van der Waals surface area contributed by atoms with Gasteiger partial charge in [0, 0.05) is 59.7 Å². The Morgan fingerprint density at radius 3 is 2.79 bits per heavy atom. The van der Waals surface area contributed by atoms with Crippen LogP contribution in [0, 0.1) is 6.92 Å². The summed E-state index contributed by atoms with van der Waals surface area (Å²) in [5, 5.41) is 8.87. The van der Waals surface area contributed by atoms with Crippen molar-refractivity contribution in [1.82, 2.24) is 29.9 Å². The normalized spacial score (nSPS) is 13.5. The lowest BCUT2D eigenvalue weighted by Gasteiger charge is -2.27. The lowest BCUT2D eigenvalue weighted by atomic mass is 9.96. The number of amides is 1. The molecule has 8 nitrogen and oxygen atoms in total. The number of para-hydroxylation sites is 1. The van der Waals surface area contributed by atoms with Crippen LogP contribution >= 0.6 is 0 Å². The Kier molecular flexibility index (Phi) is 6.67. The number of aromatic nitrogens is 5. The van der Waals surface area contributed by atoms with Gasteiger partial charge >= 0.3 is 0 Å². The Bertz CT molecular complexity index is 1670. The molecule has 8 heteroatoms. The Labute approximate surface area is 226 Å². The van der Waals surface area contributed by atoms with Crippen LogP contribution in [0.5, 0.6) is 5.75 Å². The second-order valence-corrected chi connectivity index (χ2v) is 9.79. The van der Waals surface area contributed by atoms with E-state index in [0.717, 1.165) is 68.8 Å². The molecule has 0 spiro atoms. The van der Waals surface area contributed by atoms with Crippen LogP contribution in [-0.2, 0) is 11.3 Å². The van der Waals surface area contributed by atoms with E-state index in [2.05, 4.69) is 63.6 Å². The number of hydrogen-bond donors (Lipinski definition) is 1. The number of hydrogen-bond acceptors (Lipinski definition) is 5. The lowest BCUT2D eigenvalue weighted by Crippen LogP contribution is -2.36. The summed E-state index contributed by atoms with van der Waals surface area (Å²) in [4.78, 5) is 23.3. The largest absolute Gasteiger partial charge is 0.496 e. The first-order chi connectivity index (χ1) is 19.1. The second kappa shape index (κ2) is 10.6. The van der Waals surface area contributed by atoms with Crippen LogP contribution in [0.3, 0.4) is 0 Å². The number of methoxy groups -OCH3 is 1. The number of carbonyl (C=O) groups is 1. The average molecular weight is 519 g/mol. The third kappa shape index (κ3) is 4.93. The fourth-order valence-electron chi connectivity index (χ4n) is 5.29. The highest BCUT2D eigenvalue weighted by molar-refractivity contribution is 6.01. The SMILES string of the molecule is COc1ccccc1-c1cc(-c2ncccc2C)cc2cc(C3=CCCN(C(=O)CCn4ccnn4)C3)[nH]c12. The number of ether oxygens (including phenoxy) is 1. The molecule has 5 aromatic rings. The molecule has 0 bridgehead atoms. The minimum Gasteiger partial charge on any atom is -0.496 e. The molecule has 0 radical (unpaired) electrons. The molecule has 3 aromatic heterocycles. The number of H-pyrrole nitrogens is 1. The predicted molar refractivity (Wildman–Crippen MR) is 152 cm³/mol. The summed E-state index contributed by atoms with van der Waals surface area (Å²) in [5.41, 5.74) is 8.35. The maximum absolute atomic E-state index is 13.0. The van der Waals surface area contributed by atoms with Crippen LogP contribution in [0.1, 0.15) is 24.1 Å². The highest BCUT2D eigenvalue weighted by atomic mass is 16.5. The van der Waals surface area contributed by atoms with Gasteiger partial charge in [0.2, 0.25) is 5.91 Å². The minimum absolute atomic E-state index is 0.120. The molecule has 2 aromatic carbocycles. The van der Waals surface area contributed by atoms with Gasteiger partial charge in [-0.05, 0) is 54.8 Å². The molecule has 1 aliphatic rings. The molecule has 0 aliphatic carbocycles. The van der Waals surface area contributed by atoms with Gasteiger partial charge in [0.05, 0.1) is 31.1 Å². The van der Waals surface area contributed by atoms with E-state index in [1.54, 1.807) is 24.2 Å². The number of pyridine rings is 1. The van der Waals surface area contributed by atoms with Gasteiger partial charge in [-0.1, -0.05) is 35.6 Å². The van der Waals surface area contributed by atoms with Gasteiger partial charge in [-0.2, -0.15) is 0 Å². The van der Waals surface area contributed by atoms with Crippen molar-refractivity contribution in [3.05, 3.63) is 90.5 Å². The molecular formula is C31H30N6O2. The quantitative estimate of drug-likeness (QED) is 0.307. The summed E-state index contributed by atoms with van der Waals surface area (Å²) < 4.78 is 7.43. The van der Waals surface area contributed by atoms with Crippen molar-refractivity contribution in [2.75, 3.05) is 20.2 Å². The number of aromatic amines is 1. The van der Waals surface area contributed by atoms with Crippen molar-refractivity contribution in [2.45, 2.75) is 26.3 Å². The molecule has 4 heterocycles. The number of aryl methyl sites for hydroxylation is 2. The molecule has 0 saturated carbocycles. The molecule has 0 fully saturated rings. The fourth-order valence-corrected chi connectivity index (χ4v) is 5.29. The van der Waals surface area contributed by atoms with Crippen LogP contribution in [0.4, 0.5) is 0 Å². The third-order valence-electron chi connectivity index (χ3n) is 7.28. The van der Waals surface area contributed by atoms with Crippen LogP contribution < -0.4 is 4.74 Å². The van der Waals surface area contributed by atoms with Crippen molar-refractivity contribution in [3.63, 3.8) is 0 Å². The van der Waals surface area contributed by atoms with E-state index in [9.17, 15) is 4.79 Å². The number of nitrogens with one attached hydrogen (secondary N) is 1. The molecule has 0 atom stereocenters. The summed E-state index contributed by atoms with van der Waals surface area (Å²) in [7, 11) is 1.70. The van der Waals surface area contributed by atoms with Crippen molar-refractivity contribution in [3.8, 4) is 28.1 Å². The number of fused-ring (bicyclic) bond motifs is 1. The Hall–Kier alpha value is -4.72. The van der Waals surface area contributed by atoms with Gasteiger partial charge in [-0.3, -0.25) is 14.5 Å². The van der Waals surface area contributed by atoms with Crippen molar-refractivity contribution in [1.29, 1.82) is 0 Å². The summed E-state index contributed by atoms with van der Waals surface area (Å²) >= 11 is 0. The van der Waals surface area contributed by atoms with E-state index in [0.29, 0.717) is 19.5 Å². The Balaban J connectivity index is 1.37. The lowest BCUT2D eigenvalue weighted by molar-refractivity contribution is -0.131. The summed E-state index contributed by atoms with van der Waals surface area (Å²) in [6.45, 7) is 3.90. The Morgan fingerprint density at radius 1 is 1.08 bits per heavy atom. The predicted octanol–water partition coefficient (Wildman–Crippen LogP) is 5.51. The standard InChI is InChI=1S/C31H30N6O2/c1-21-7-5-12-32-30(21)23-17-24-19-27(34-31(24)26(18-23)25-9-3-4-10-28(25)39-2)22-8-6-14-36(20-22)29(38)11-15-37-16-13-33-35-37/h3-5,7-10,12-13,16-19,34H,6,11,14-15,20H2,1-2H3. The van der Waals surface area contributed by atoms with Gasteiger partial charge in [0.15, 0.2) is 0 Å². The molecule has 6 rings (SSSR count). The molecule has 0 unspecified atom stereocenters. The van der Waals surface area contributed by atoms with E-state index in [4.69, 9.17) is 4.74 Å². The zero-order valence-electron chi connectivity index (χ0n) is 22.1. The third-order valence-corrected chi connectivity index (χ3v) is 7.28. The van der Waals surface area contributed by atoms with E-state index in [1.807, 2.05) is 35.4 Å². The fraction of sp³-hybridized carbons (Fsp3) is 0.226. The maximum atomic E-state index is 13.0. The van der Waals surface area contributed by atoms with Crippen LogP contribution in [0.15, 0.2) is 79.3 Å². The first kappa shape index (κ1) is 24.6. The molecule has 1 N–H and O–H groups in total. The number of benzene rings is 2. The van der Waals surface area contributed by atoms with Crippen LogP contribution in [0.25, 0.3) is 38.9 Å². The number of carbonyl (C=O) groups excluding carboxylic acids is 1. The average Bonchev–Trinajstić information content (AvgIpc) is 3.66. The first-order valence-corrected chi connectivity index (χ1v) is 13.1. The minimum atomic E-state index is 0.120. The van der Waals surface area contributed by atoms with Crippen molar-refractivity contribution < 1.29 is 9.53 Å². The number of rotatable bonds is 7. The van der Waals surface area contributed by atoms with E-state index < -0.39 is 0 Å². The van der Waals surface area contributed by atoms with Gasteiger partial charge in [0.25, 0.3) is 0 Å². The van der Waals surface area contributed by atoms with E-state index in [-0.39, 0.29) is 5.91 Å². The smallest absolute Gasteiger partial charge is 0.224 e. The Morgan fingerprint density at radius 2 is 1.97 bits per heavy atom. The van der Waals surface area contributed by atoms with Crippen molar-refractivity contribution >= 4 is 22.4 Å². The summed E-state index contributed by atoms with van der Waals surface area (Å²) in [6, 6.07) is 18.7. The molecule has 1 aliphatic heterocycles. The monoisotopic (exact) mass is 518 g/mol. The zero-order chi connectivity index (χ0) is 26.8. The van der Waals surface area contributed by atoms with Crippen LogP contribution in [0.2, 0.25) is 0 Å². The maximum Gasteiger partial charge on any atom is 0.224 e. The zero-order valence-corrected chi connectivity index (χ0v) is 22.1. The summed E-state index contributed by atoms with van der Waals surface area (Å²) in [5.74, 6) is 0.931. The van der Waals surface area contributed by atoms with Gasteiger partial charge < -0.3 is 14.6 Å². The highest BCUT2D eigenvalue weighted by Crippen LogP contribution is 2.39. The first-order valence-electron chi connectivity index (χ1n) is 13.1. The van der Waals surface area contributed by atoms with E-state index in [1.165, 1.54) is 0 Å². The van der Waals surface area contributed by atoms with Gasteiger partial charge in [-0.15, -0.1) is 5.10 Å². The molecule has 0 saturated heterocycles. The van der Waals surface area contributed by atoms with Gasteiger partial charge in [-0.25, -0.2) is 0 Å². The topological polar surface area (TPSA) is 88.9 Å². The van der Waals surface area contributed by atoms with Crippen molar-refractivity contribution in [2.24, 2.45) is 0 Å². The molecule has 39 heavy (non-hydrogen) atoms. The summed E-state index contributed by atoms with van der Waals surface area (Å²) in [6.07, 6.45) is 8.69. The van der Waals surface area contributed by atoms with Gasteiger partial charge in [0.1, 0.15) is 5.75 Å². The molecule has 1 amide bonds. The van der Waals surface area contributed by atoms with Crippen LogP contribution in [-0.4, -0.2) is 56.0 Å². The molecule has 196 valence electrons. The number of nitrogens with zero attached hydrogens (tertiary/aromatic N) is 5. The molecular weight excluding hydrogens is 488 g/mol. The highest BCUT2D eigenvalue weighted by Gasteiger charge is 2.22.